The molecule has 7 heteroatoms. The lowest BCUT2D eigenvalue weighted by Gasteiger charge is -2.41. The van der Waals surface area contributed by atoms with Gasteiger partial charge in [0.05, 0.1) is 19.8 Å². The van der Waals surface area contributed by atoms with Crippen molar-refractivity contribution in [2.75, 3.05) is 26.3 Å². The van der Waals surface area contributed by atoms with E-state index in [2.05, 4.69) is 4.98 Å². The summed E-state index contributed by atoms with van der Waals surface area (Å²) in [5.74, 6) is -0.242. The Morgan fingerprint density at radius 2 is 2.25 bits per heavy atom. The zero-order valence-electron chi connectivity index (χ0n) is 13.5. The largest absolute Gasteiger partial charge is 0.393 e. The van der Waals surface area contributed by atoms with E-state index in [9.17, 15) is 14.3 Å². The molecule has 6 nitrogen and oxygen atoms in total. The predicted octanol–water partition coefficient (Wildman–Crippen LogP) is 1.01. The second-order valence-electron chi connectivity index (χ2n) is 6.05. The van der Waals surface area contributed by atoms with Gasteiger partial charge in [-0.15, -0.1) is 0 Å². The number of carbonyl (C=O) groups excluding carboxylic acids is 1. The molecule has 1 saturated heterocycles. The number of rotatable bonds is 4. The van der Waals surface area contributed by atoms with Crippen molar-refractivity contribution in [1.82, 2.24) is 14.5 Å². The zero-order valence-corrected chi connectivity index (χ0v) is 13.5. The zero-order chi connectivity index (χ0) is 17.2. The maximum Gasteiger partial charge on any atom is 0.290 e. The van der Waals surface area contributed by atoms with Crippen LogP contribution in [0.25, 0.3) is 0 Å². The van der Waals surface area contributed by atoms with E-state index in [1.165, 1.54) is 6.07 Å². The highest BCUT2D eigenvalue weighted by Gasteiger charge is 2.39. The molecule has 2 aromatic rings. The third-order valence-corrected chi connectivity index (χ3v) is 4.31. The number of aryl methyl sites for hydroxylation is 1. The van der Waals surface area contributed by atoms with Gasteiger partial charge >= 0.3 is 0 Å². The normalized spacial score (nSPS) is 21.0. The fourth-order valence-electron chi connectivity index (χ4n) is 2.98. The summed E-state index contributed by atoms with van der Waals surface area (Å²) < 4.78 is 21.4. The second-order valence-corrected chi connectivity index (χ2v) is 6.05. The van der Waals surface area contributed by atoms with Gasteiger partial charge in [-0.25, -0.2) is 9.37 Å². The average molecular weight is 333 g/mol. The summed E-state index contributed by atoms with van der Waals surface area (Å²) in [4.78, 5) is 18.3. The summed E-state index contributed by atoms with van der Waals surface area (Å²) in [5.41, 5.74) is -0.556. The van der Waals surface area contributed by atoms with Crippen molar-refractivity contribution in [3.63, 3.8) is 0 Å². The highest BCUT2D eigenvalue weighted by Crippen LogP contribution is 2.25. The molecule has 24 heavy (non-hydrogen) atoms. The van der Waals surface area contributed by atoms with Crippen LogP contribution in [0.15, 0.2) is 36.7 Å². The van der Waals surface area contributed by atoms with E-state index in [4.69, 9.17) is 4.74 Å². The third kappa shape index (κ3) is 3.18. The van der Waals surface area contributed by atoms with Crippen LogP contribution in [0.3, 0.4) is 0 Å². The maximum absolute atomic E-state index is 14.0. The standard InChI is InChI=1S/C17H20FN3O3/c1-20-7-6-19-15(20)16(23)21-8-9-24-17(11-21,12-22)10-13-4-2-3-5-14(13)18/h2-7,22H,8-12H2,1H3/t17-/m1/s1. The minimum atomic E-state index is -1.01. The van der Waals surface area contributed by atoms with Gasteiger partial charge in [0.15, 0.2) is 5.82 Å². The van der Waals surface area contributed by atoms with Crippen LogP contribution in [0.2, 0.25) is 0 Å². The molecule has 1 aliphatic rings. The Bertz CT molecular complexity index is 733. The molecule has 0 aliphatic carbocycles. The minimum Gasteiger partial charge on any atom is -0.393 e. The number of hydrogen-bond donors (Lipinski definition) is 1. The highest BCUT2D eigenvalue weighted by molar-refractivity contribution is 5.91. The lowest BCUT2D eigenvalue weighted by molar-refractivity contribution is -0.124. The molecule has 0 saturated carbocycles. The van der Waals surface area contributed by atoms with E-state index in [-0.39, 0.29) is 37.9 Å². The first-order valence-electron chi connectivity index (χ1n) is 7.79. The lowest BCUT2D eigenvalue weighted by Crippen LogP contribution is -2.57. The van der Waals surface area contributed by atoms with E-state index in [1.54, 1.807) is 47.1 Å². The number of aliphatic hydroxyl groups is 1. The summed E-state index contributed by atoms with van der Waals surface area (Å²) in [7, 11) is 1.75. The van der Waals surface area contributed by atoms with Crippen molar-refractivity contribution in [2.45, 2.75) is 12.0 Å². The Balaban J connectivity index is 1.81. The molecule has 0 unspecified atom stereocenters. The van der Waals surface area contributed by atoms with E-state index in [0.29, 0.717) is 17.9 Å². The van der Waals surface area contributed by atoms with Crippen molar-refractivity contribution in [3.05, 3.63) is 53.9 Å². The van der Waals surface area contributed by atoms with Crippen LogP contribution in [0.4, 0.5) is 4.39 Å². The number of morpholine rings is 1. The van der Waals surface area contributed by atoms with Gasteiger partial charge in [-0.3, -0.25) is 4.79 Å². The Morgan fingerprint density at radius 1 is 1.46 bits per heavy atom. The molecule has 128 valence electrons. The Labute approximate surface area is 139 Å². The number of benzene rings is 1. The smallest absolute Gasteiger partial charge is 0.290 e. The fraction of sp³-hybridized carbons (Fsp3) is 0.412. The topological polar surface area (TPSA) is 67.6 Å². The summed E-state index contributed by atoms with van der Waals surface area (Å²) >= 11 is 0. The molecule has 0 spiro atoms. The molecule has 3 rings (SSSR count). The van der Waals surface area contributed by atoms with Gasteiger partial charge in [0.25, 0.3) is 5.91 Å². The number of aliphatic hydroxyl groups excluding tert-OH is 1. The number of imidazole rings is 1. The SMILES string of the molecule is Cn1ccnc1C(=O)N1CCO[C@](CO)(Cc2ccccc2F)C1. The summed E-state index contributed by atoms with van der Waals surface area (Å²) in [6, 6.07) is 6.39. The average Bonchev–Trinajstić information content (AvgIpc) is 3.02. The monoisotopic (exact) mass is 333 g/mol. The van der Waals surface area contributed by atoms with Gasteiger partial charge < -0.3 is 19.3 Å². The number of aromatic nitrogens is 2. The van der Waals surface area contributed by atoms with Crippen molar-refractivity contribution in [3.8, 4) is 0 Å². The minimum absolute atomic E-state index is 0.184. The maximum atomic E-state index is 14.0. The Morgan fingerprint density at radius 3 is 2.92 bits per heavy atom. The second kappa shape index (κ2) is 6.70. The van der Waals surface area contributed by atoms with Crippen LogP contribution in [-0.4, -0.2) is 57.4 Å². The van der Waals surface area contributed by atoms with Crippen molar-refractivity contribution in [1.29, 1.82) is 0 Å². The molecule has 2 heterocycles. The highest BCUT2D eigenvalue weighted by atomic mass is 19.1. The molecular weight excluding hydrogens is 313 g/mol. The molecule has 1 aromatic carbocycles. The molecule has 1 fully saturated rings. The lowest BCUT2D eigenvalue weighted by atomic mass is 9.92. The molecule has 1 N–H and O–H groups in total. The molecule has 1 aliphatic heterocycles. The van der Waals surface area contributed by atoms with Crippen molar-refractivity contribution in [2.24, 2.45) is 7.05 Å². The van der Waals surface area contributed by atoms with Gasteiger partial charge in [0.2, 0.25) is 0 Å². The van der Waals surface area contributed by atoms with Crippen LogP contribution < -0.4 is 0 Å². The third-order valence-electron chi connectivity index (χ3n) is 4.31. The summed E-state index contributed by atoms with van der Waals surface area (Å²) in [6.07, 6.45) is 3.46. The Hall–Kier alpha value is -2.25. The predicted molar refractivity (Wildman–Crippen MR) is 85.0 cm³/mol. The fourth-order valence-corrected chi connectivity index (χ4v) is 2.98. The molecular formula is C17H20FN3O3. The van der Waals surface area contributed by atoms with Crippen molar-refractivity contribution < 1.29 is 19.0 Å². The number of nitrogens with zero attached hydrogens (tertiary/aromatic N) is 3. The first-order chi connectivity index (χ1) is 11.5. The van der Waals surface area contributed by atoms with Gasteiger partial charge in [-0.05, 0) is 11.6 Å². The van der Waals surface area contributed by atoms with E-state index in [1.807, 2.05) is 0 Å². The van der Waals surface area contributed by atoms with Gasteiger partial charge in [-0.1, -0.05) is 18.2 Å². The number of halogens is 1. The van der Waals surface area contributed by atoms with Crippen LogP contribution >= 0.6 is 0 Å². The first kappa shape index (κ1) is 16.6. The molecule has 0 radical (unpaired) electrons. The number of ether oxygens (including phenoxy) is 1. The quantitative estimate of drug-likeness (QED) is 0.907. The Kier molecular flexibility index (Phi) is 4.64. The van der Waals surface area contributed by atoms with E-state index in [0.717, 1.165) is 0 Å². The van der Waals surface area contributed by atoms with Crippen LogP contribution in [0.1, 0.15) is 16.2 Å². The number of carbonyl (C=O) groups is 1. The van der Waals surface area contributed by atoms with Gasteiger partial charge in [0, 0.05) is 32.4 Å². The molecule has 1 amide bonds. The van der Waals surface area contributed by atoms with E-state index < -0.39 is 5.60 Å². The first-order valence-corrected chi connectivity index (χ1v) is 7.79. The molecule has 0 bridgehead atoms. The van der Waals surface area contributed by atoms with E-state index >= 15 is 0 Å². The van der Waals surface area contributed by atoms with Crippen LogP contribution in [0, 0.1) is 5.82 Å². The molecule has 1 aromatic heterocycles. The molecule has 1 atom stereocenters. The number of amides is 1. The van der Waals surface area contributed by atoms with Crippen LogP contribution in [0.5, 0.6) is 0 Å². The summed E-state index contributed by atoms with van der Waals surface area (Å²) in [5, 5.41) is 9.87. The summed E-state index contributed by atoms with van der Waals surface area (Å²) in [6.45, 7) is 0.575. The van der Waals surface area contributed by atoms with Crippen LogP contribution in [-0.2, 0) is 18.2 Å². The van der Waals surface area contributed by atoms with Crippen molar-refractivity contribution >= 4 is 5.91 Å². The van der Waals surface area contributed by atoms with Gasteiger partial charge in [-0.2, -0.15) is 0 Å². The number of hydrogen-bond acceptors (Lipinski definition) is 4. The van der Waals surface area contributed by atoms with Gasteiger partial charge in [0.1, 0.15) is 11.4 Å².